The summed E-state index contributed by atoms with van der Waals surface area (Å²) in [6.07, 6.45) is 2.84. The second-order valence-electron chi connectivity index (χ2n) is 14.2. The number of benzene rings is 3. The van der Waals surface area contributed by atoms with Gasteiger partial charge in [0.1, 0.15) is 11.7 Å². The molecule has 2 bridgehead atoms. The number of esters is 1. The van der Waals surface area contributed by atoms with E-state index in [1.807, 2.05) is 42.5 Å². The van der Waals surface area contributed by atoms with Gasteiger partial charge in [-0.1, -0.05) is 80.6 Å². The fraction of sp³-hybridized carbons (Fsp3) is 0.500. The van der Waals surface area contributed by atoms with Gasteiger partial charge in [-0.25, -0.2) is 8.42 Å². The molecule has 1 saturated carbocycles. The van der Waals surface area contributed by atoms with E-state index in [1.54, 1.807) is 11.4 Å². The van der Waals surface area contributed by atoms with Crippen LogP contribution in [0.2, 0.25) is 0 Å². The number of nitrogens with zero attached hydrogens (tertiary/aromatic N) is 2. The van der Waals surface area contributed by atoms with Gasteiger partial charge in [-0.05, 0) is 67.3 Å². The van der Waals surface area contributed by atoms with E-state index in [1.165, 1.54) is 18.1 Å². The predicted octanol–water partition coefficient (Wildman–Crippen LogP) is 5.52. The third-order valence-electron chi connectivity index (χ3n) is 11.0. The van der Waals surface area contributed by atoms with Crippen LogP contribution in [0.3, 0.4) is 0 Å². The fourth-order valence-electron chi connectivity index (χ4n) is 9.35. The van der Waals surface area contributed by atoms with Crippen molar-refractivity contribution < 1.29 is 27.4 Å². The first-order valence-electron chi connectivity index (χ1n) is 17.0. The molecule has 250 valence electrons. The fourth-order valence-corrected chi connectivity index (χ4v) is 11.3. The van der Waals surface area contributed by atoms with Crippen molar-refractivity contribution in [3.63, 3.8) is 0 Å². The minimum Gasteiger partial charge on any atom is -0.493 e. The molecule has 3 aromatic rings. The zero-order chi connectivity index (χ0) is 33.0. The van der Waals surface area contributed by atoms with Gasteiger partial charge in [-0.15, -0.1) is 0 Å². The number of carbonyl (C=O) groups is 1. The van der Waals surface area contributed by atoms with Gasteiger partial charge >= 0.3 is 5.97 Å². The first-order chi connectivity index (χ1) is 22.6. The Balaban J connectivity index is 1.35. The SMILES string of the molecule is COc1ccc2c3c1O[C@H]1[C@H](N(CC(C)C)S(=O)(=O)Cc4ccccc4)CC[C@@]4(OC(C)=O)[C@@H](C2)N(CCc2ccccc2)CC[C@]314. The topological polar surface area (TPSA) is 85.4 Å². The number of rotatable bonds is 11. The molecule has 5 atom stereocenters. The molecular formula is C38H46N2O6S. The maximum Gasteiger partial charge on any atom is 0.303 e. The molecule has 0 amide bonds. The van der Waals surface area contributed by atoms with Crippen LogP contribution in [0.1, 0.15) is 62.3 Å². The molecule has 0 radical (unpaired) electrons. The number of hydrogen-bond acceptors (Lipinski definition) is 7. The Bertz CT molecular complexity index is 1730. The average molecular weight is 659 g/mol. The monoisotopic (exact) mass is 658 g/mol. The highest BCUT2D eigenvalue weighted by atomic mass is 32.2. The van der Waals surface area contributed by atoms with Gasteiger partial charge in [-0.2, -0.15) is 4.31 Å². The van der Waals surface area contributed by atoms with E-state index >= 15 is 0 Å². The molecule has 3 aromatic carbocycles. The maximum atomic E-state index is 14.4. The summed E-state index contributed by atoms with van der Waals surface area (Å²) in [5.41, 5.74) is 2.67. The van der Waals surface area contributed by atoms with Gasteiger partial charge < -0.3 is 14.2 Å². The molecule has 8 nitrogen and oxygen atoms in total. The summed E-state index contributed by atoms with van der Waals surface area (Å²) in [4.78, 5) is 15.7. The van der Waals surface area contributed by atoms with Gasteiger partial charge in [0.05, 0.1) is 30.4 Å². The van der Waals surface area contributed by atoms with Crippen molar-refractivity contribution >= 4 is 16.0 Å². The lowest BCUT2D eigenvalue weighted by Gasteiger charge is -2.65. The zero-order valence-corrected chi connectivity index (χ0v) is 28.7. The van der Waals surface area contributed by atoms with E-state index < -0.39 is 33.2 Å². The standard InChI is InChI=1S/C38H46N2O6S/c1-26(2)24-40(47(42,43)25-29-13-9-6-10-14-29)31-17-19-38(46-27(3)41)33-23-30-15-16-32(44-4)35-34(30)37(38,36(31)45-35)20-22-39(33)21-18-28-11-7-5-8-12-28/h5-16,26,31,33,36H,17-25H2,1-4H3/t31-,33-,36+,37+,38-/m1/s1. The summed E-state index contributed by atoms with van der Waals surface area (Å²) in [7, 11) is -2.10. The third-order valence-corrected chi connectivity index (χ3v) is 12.9. The van der Waals surface area contributed by atoms with Crippen molar-refractivity contribution in [3.8, 4) is 11.5 Å². The molecule has 0 aromatic heterocycles. The lowest BCUT2D eigenvalue weighted by molar-refractivity contribution is -0.221. The molecule has 1 spiro atoms. The van der Waals surface area contributed by atoms with Crippen LogP contribution in [0.15, 0.2) is 72.8 Å². The van der Waals surface area contributed by atoms with Crippen LogP contribution in [-0.2, 0) is 43.6 Å². The van der Waals surface area contributed by atoms with E-state index in [0.29, 0.717) is 37.3 Å². The van der Waals surface area contributed by atoms with Crippen LogP contribution in [-0.4, -0.2) is 74.1 Å². The first-order valence-corrected chi connectivity index (χ1v) is 18.6. The molecule has 1 saturated heterocycles. The Morgan fingerprint density at radius 3 is 2.38 bits per heavy atom. The van der Waals surface area contributed by atoms with Gasteiger partial charge in [0.25, 0.3) is 0 Å². The molecule has 2 aliphatic carbocycles. The predicted molar refractivity (Wildman–Crippen MR) is 181 cm³/mol. The number of piperidine rings is 1. The first kappa shape index (κ1) is 32.2. The molecular weight excluding hydrogens is 612 g/mol. The molecule has 2 aliphatic heterocycles. The molecule has 9 heteroatoms. The normalized spacial score (nSPS) is 27.7. The van der Waals surface area contributed by atoms with Crippen molar-refractivity contribution in [3.05, 3.63) is 95.1 Å². The van der Waals surface area contributed by atoms with Crippen molar-refractivity contribution in [1.82, 2.24) is 9.21 Å². The third kappa shape index (κ3) is 5.25. The van der Waals surface area contributed by atoms with Gasteiger partial charge in [0.15, 0.2) is 11.5 Å². The summed E-state index contributed by atoms with van der Waals surface area (Å²) in [6, 6.07) is 23.5. The summed E-state index contributed by atoms with van der Waals surface area (Å²) in [5, 5.41) is 0. The minimum atomic E-state index is -3.74. The van der Waals surface area contributed by atoms with E-state index in [4.69, 9.17) is 14.2 Å². The Morgan fingerprint density at radius 1 is 1.02 bits per heavy atom. The van der Waals surface area contributed by atoms with E-state index in [2.05, 4.69) is 49.1 Å². The number of hydrogen-bond donors (Lipinski definition) is 0. The van der Waals surface area contributed by atoms with Crippen LogP contribution in [0.4, 0.5) is 0 Å². The Labute approximate surface area is 279 Å². The molecule has 4 aliphatic rings. The smallest absolute Gasteiger partial charge is 0.303 e. The summed E-state index contributed by atoms with van der Waals surface area (Å²) >= 11 is 0. The highest BCUT2D eigenvalue weighted by molar-refractivity contribution is 7.88. The van der Waals surface area contributed by atoms with E-state index in [9.17, 15) is 13.2 Å². The van der Waals surface area contributed by atoms with Gasteiger partial charge in [0, 0.05) is 25.6 Å². The largest absolute Gasteiger partial charge is 0.493 e. The lowest BCUT2D eigenvalue weighted by Crippen LogP contribution is -2.79. The number of likely N-dealkylation sites (tertiary alicyclic amines) is 1. The molecule has 0 unspecified atom stereocenters. The summed E-state index contributed by atoms with van der Waals surface area (Å²) in [5.74, 6) is 1.02. The van der Waals surface area contributed by atoms with Crippen LogP contribution in [0, 0.1) is 5.92 Å². The quantitative estimate of drug-likeness (QED) is 0.251. The van der Waals surface area contributed by atoms with Crippen molar-refractivity contribution in [2.24, 2.45) is 5.92 Å². The minimum absolute atomic E-state index is 0.0674. The van der Waals surface area contributed by atoms with Crippen LogP contribution < -0.4 is 9.47 Å². The zero-order valence-electron chi connectivity index (χ0n) is 27.9. The Kier molecular flexibility index (Phi) is 8.38. The molecule has 47 heavy (non-hydrogen) atoms. The molecule has 0 N–H and O–H groups in total. The number of sulfonamides is 1. The summed E-state index contributed by atoms with van der Waals surface area (Å²) < 4.78 is 50.2. The summed E-state index contributed by atoms with van der Waals surface area (Å²) in [6.45, 7) is 7.63. The lowest BCUT2D eigenvalue weighted by atomic mass is 9.48. The van der Waals surface area contributed by atoms with Crippen LogP contribution >= 0.6 is 0 Å². The van der Waals surface area contributed by atoms with Crippen molar-refractivity contribution in [2.75, 3.05) is 26.7 Å². The number of ether oxygens (including phenoxy) is 3. The molecule has 7 rings (SSSR count). The second kappa shape index (κ2) is 12.2. The Hall–Kier alpha value is -3.40. The van der Waals surface area contributed by atoms with Gasteiger partial charge in [-0.3, -0.25) is 9.69 Å². The van der Waals surface area contributed by atoms with E-state index in [0.717, 1.165) is 37.1 Å². The van der Waals surface area contributed by atoms with Gasteiger partial charge in [0.2, 0.25) is 10.0 Å². The Morgan fingerprint density at radius 2 is 1.72 bits per heavy atom. The highest BCUT2D eigenvalue weighted by Gasteiger charge is 2.76. The van der Waals surface area contributed by atoms with Crippen molar-refractivity contribution in [2.45, 2.75) is 87.8 Å². The molecule has 2 fully saturated rings. The number of methoxy groups -OCH3 is 1. The maximum absolute atomic E-state index is 14.4. The van der Waals surface area contributed by atoms with E-state index in [-0.39, 0.29) is 23.7 Å². The number of carbonyl (C=O) groups excluding carboxylic acids is 1. The average Bonchev–Trinajstić information content (AvgIpc) is 3.39. The second-order valence-corrected chi connectivity index (χ2v) is 16.1. The van der Waals surface area contributed by atoms with Crippen LogP contribution in [0.25, 0.3) is 0 Å². The van der Waals surface area contributed by atoms with Crippen LogP contribution in [0.5, 0.6) is 11.5 Å². The molecule has 2 heterocycles. The highest BCUT2D eigenvalue weighted by Crippen LogP contribution is 2.67. The van der Waals surface area contributed by atoms with Crippen molar-refractivity contribution in [1.29, 1.82) is 0 Å².